The average Bonchev–Trinajstić information content (AvgIpc) is 3.11. The summed E-state index contributed by atoms with van der Waals surface area (Å²) in [7, 11) is 0. The lowest BCUT2D eigenvalue weighted by atomic mass is 10.1. The zero-order valence-corrected chi connectivity index (χ0v) is 11.5. The maximum atomic E-state index is 6.20. The van der Waals surface area contributed by atoms with Crippen LogP contribution in [0.4, 0.5) is 5.82 Å². The van der Waals surface area contributed by atoms with E-state index in [4.69, 9.17) is 4.74 Å². The summed E-state index contributed by atoms with van der Waals surface area (Å²) in [5.74, 6) is 2.58. The Labute approximate surface area is 114 Å². The van der Waals surface area contributed by atoms with E-state index in [1.54, 1.807) is 0 Å². The molecule has 19 heavy (non-hydrogen) atoms. The van der Waals surface area contributed by atoms with Crippen molar-refractivity contribution in [1.82, 2.24) is 10.2 Å². The summed E-state index contributed by atoms with van der Waals surface area (Å²) in [6.07, 6.45) is 5.74. The van der Waals surface area contributed by atoms with E-state index in [9.17, 15) is 0 Å². The maximum absolute atomic E-state index is 6.20. The van der Waals surface area contributed by atoms with Gasteiger partial charge < -0.3 is 9.64 Å². The first-order valence-electron chi connectivity index (χ1n) is 7.50. The predicted octanol–water partition coefficient (Wildman–Crippen LogP) is 2.18. The second kappa shape index (κ2) is 4.44. The third kappa shape index (κ3) is 2.12. The molecule has 0 aromatic carbocycles. The molecule has 0 amide bonds. The largest absolute Gasteiger partial charge is 0.375 e. The minimum atomic E-state index is 0.434. The van der Waals surface area contributed by atoms with Crippen LogP contribution in [0.25, 0.3) is 0 Å². The summed E-state index contributed by atoms with van der Waals surface area (Å²) in [4.78, 5) is 2.41. The van der Waals surface area contributed by atoms with Crippen molar-refractivity contribution in [2.75, 3.05) is 18.1 Å². The Balaban J connectivity index is 1.48. The normalized spacial score (nSPS) is 33.1. The second-order valence-corrected chi connectivity index (χ2v) is 6.33. The van der Waals surface area contributed by atoms with E-state index in [1.165, 1.54) is 25.7 Å². The van der Waals surface area contributed by atoms with Crippen molar-refractivity contribution in [2.24, 2.45) is 11.8 Å². The van der Waals surface area contributed by atoms with Crippen molar-refractivity contribution in [2.45, 2.75) is 44.8 Å². The third-order valence-electron chi connectivity index (χ3n) is 4.81. The number of fused-ring (bicyclic) bond motifs is 2. The Morgan fingerprint density at radius 3 is 2.84 bits per heavy atom. The first kappa shape index (κ1) is 11.6. The SMILES string of the molecule is Cc1ccc(N2C[C@H]3CC[C@H]2[C@H]3OCC2CC2)nn1. The standard InChI is InChI=1S/C15H21N3O/c1-10-2-7-14(17-16-10)18-8-12-5-6-13(18)15(12)19-9-11-3-4-11/h2,7,11-13,15H,3-6,8-9H2,1H3/t12-,13+,15+/m1/s1. The minimum absolute atomic E-state index is 0.434. The summed E-state index contributed by atoms with van der Waals surface area (Å²) in [6, 6.07) is 4.68. The lowest BCUT2D eigenvalue weighted by Gasteiger charge is -2.27. The highest BCUT2D eigenvalue weighted by Crippen LogP contribution is 2.42. The van der Waals surface area contributed by atoms with Gasteiger partial charge in [-0.25, -0.2) is 0 Å². The van der Waals surface area contributed by atoms with Gasteiger partial charge in [0.25, 0.3) is 0 Å². The number of aromatic nitrogens is 2. The van der Waals surface area contributed by atoms with Crippen LogP contribution in [0.2, 0.25) is 0 Å². The highest BCUT2D eigenvalue weighted by atomic mass is 16.5. The number of piperidine rings is 1. The van der Waals surface area contributed by atoms with Crippen molar-refractivity contribution in [3.8, 4) is 0 Å². The van der Waals surface area contributed by atoms with Gasteiger partial charge in [-0.15, -0.1) is 5.10 Å². The molecule has 1 saturated heterocycles. The summed E-state index contributed by atoms with van der Waals surface area (Å²) in [5.41, 5.74) is 0.981. The van der Waals surface area contributed by atoms with Crippen LogP contribution in [-0.2, 0) is 4.74 Å². The van der Waals surface area contributed by atoms with Gasteiger partial charge in [-0.3, -0.25) is 0 Å². The number of aryl methyl sites for hydroxylation is 1. The summed E-state index contributed by atoms with van der Waals surface area (Å²) in [5, 5.41) is 8.53. The molecule has 0 N–H and O–H groups in total. The molecular formula is C15H21N3O. The third-order valence-corrected chi connectivity index (χ3v) is 4.81. The molecule has 4 rings (SSSR count). The van der Waals surface area contributed by atoms with Gasteiger partial charge in [0, 0.05) is 19.1 Å². The molecule has 4 heteroatoms. The van der Waals surface area contributed by atoms with Gasteiger partial charge in [0.2, 0.25) is 0 Å². The predicted molar refractivity (Wildman–Crippen MR) is 73.1 cm³/mol. The Morgan fingerprint density at radius 2 is 2.11 bits per heavy atom. The molecule has 3 fully saturated rings. The monoisotopic (exact) mass is 259 g/mol. The fourth-order valence-corrected chi connectivity index (χ4v) is 3.53. The molecule has 2 aliphatic carbocycles. The van der Waals surface area contributed by atoms with E-state index in [-0.39, 0.29) is 0 Å². The Kier molecular flexibility index (Phi) is 2.72. The summed E-state index contributed by atoms with van der Waals surface area (Å²) < 4.78 is 6.20. The van der Waals surface area contributed by atoms with E-state index in [2.05, 4.69) is 21.2 Å². The fourth-order valence-electron chi connectivity index (χ4n) is 3.53. The zero-order valence-electron chi connectivity index (χ0n) is 11.5. The van der Waals surface area contributed by atoms with Gasteiger partial charge in [-0.1, -0.05) is 0 Å². The van der Waals surface area contributed by atoms with E-state index in [1.807, 2.05) is 13.0 Å². The summed E-state index contributed by atoms with van der Waals surface area (Å²) in [6.45, 7) is 4.05. The topological polar surface area (TPSA) is 38.2 Å². The number of rotatable bonds is 4. The van der Waals surface area contributed by atoms with Crippen LogP contribution in [0.3, 0.4) is 0 Å². The van der Waals surface area contributed by atoms with E-state index in [0.717, 1.165) is 30.6 Å². The lowest BCUT2D eigenvalue weighted by molar-refractivity contribution is 0.0323. The summed E-state index contributed by atoms with van der Waals surface area (Å²) >= 11 is 0. The molecule has 2 bridgehead atoms. The van der Waals surface area contributed by atoms with Gasteiger partial charge in [0.05, 0.1) is 17.8 Å². The molecule has 3 aliphatic rings. The van der Waals surface area contributed by atoms with Crippen LogP contribution in [-0.4, -0.2) is 35.5 Å². The second-order valence-electron chi connectivity index (χ2n) is 6.33. The highest BCUT2D eigenvalue weighted by molar-refractivity contribution is 5.42. The molecule has 0 unspecified atom stereocenters. The number of anilines is 1. The molecule has 102 valence electrons. The first-order valence-corrected chi connectivity index (χ1v) is 7.50. The van der Waals surface area contributed by atoms with Crippen LogP contribution in [0.15, 0.2) is 12.1 Å². The fraction of sp³-hybridized carbons (Fsp3) is 0.733. The van der Waals surface area contributed by atoms with Crippen molar-refractivity contribution in [3.05, 3.63) is 17.8 Å². The van der Waals surface area contributed by atoms with E-state index in [0.29, 0.717) is 18.1 Å². The number of nitrogens with zero attached hydrogens (tertiary/aromatic N) is 3. The van der Waals surface area contributed by atoms with Gasteiger partial charge in [0.1, 0.15) is 0 Å². The van der Waals surface area contributed by atoms with Gasteiger partial charge in [0.15, 0.2) is 5.82 Å². The van der Waals surface area contributed by atoms with Crippen LogP contribution >= 0.6 is 0 Å². The number of ether oxygens (including phenoxy) is 1. The molecule has 0 radical (unpaired) electrons. The minimum Gasteiger partial charge on any atom is -0.375 e. The van der Waals surface area contributed by atoms with Crippen LogP contribution < -0.4 is 4.90 Å². The van der Waals surface area contributed by atoms with Crippen molar-refractivity contribution >= 4 is 5.82 Å². The van der Waals surface area contributed by atoms with E-state index >= 15 is 0 Å². The van der Waals surface area contributed by atoms with Crippen LogP contribution in [0, 0.1) is 18.8 Å². The average molecular weight is 259 g/mol. The molecule has 2 heterocycles. The van der Waals surface area contributed by atoms with Crippen molar-refractivity contribution in [1.29, 1.82) is 0 Å². The molecule has 1 aromatic rings. The molecule has 1 aromatic heterocycles. The smallest absolute Gasteiger partial charge is 0.151 e. The van der Waals surface area contributed by atoms with Crippen LogP contribution in [0.1, 0.15) is 31.4 Å². The molecule has 4 nitrogen and oxygen atoms in total. The van der Waals surface area contributed by atoms with Gasteiger partial charge >= 0.3 is 0 Å². The van der Waals surface area contributed by atoms with Gasteiger partial charge in [-0.2, -0.15) is 5.10 Å². The number of hydrogen-bond acceptors (Lipinski definition) is 4. The Hall–Kier alpha value is -1.16. The quantitative estimate of drug-likeness (QED) is 0.830. The van der Waals surface area contributed by atoms with Crippen molar-refractivity contribution < 1.29 is 4.74 Å². The lowest BCUT2D eigenvalue weighted by Crippen LogP contribution is -2.36. The van der Waals surface area contributed by atoms with E-state index < -0.39 is 0 Å². The van der Waals surface area contributed by atoms with Gasteiger partial charge in [-0.05, 0) is 50.7 Å². The van der Waals surface area contributed by atoms with Crippen LogP contribution in [0.5, 0.6) is 0 Å². The molecular weight excluding hydrogens is 238 g/mol. The molecule has 0 spiro atoms. The Morgan fingerprint density at radius 1 is 1.21 bits per heavy atom. The molecule has 3 atom stereocenters. The first-order chi connectivity index (χ1) is 9.31. The number of hydrogen-bond donors (Lipinski definition) is 0. The Bertz CT molecular complexity index is 457. The van der Waals surface area contributed by atoms with Crippen molar-refractivity contribution in [3.63, 3.8) is 0 Å². The maximum Gasteiger partial charge on any atom is 0.151 e. The molecule has 1 aliphatic heterocycles. The zero-order chi connectivity index (χ0) is 12.8. The molecule has 2 saturated carbocycles. The highest BCUT2D eigenvalue weighted by Gasteiger charge is 2.48.